The number of amides is 2. The number of para-hydroxylation sites is 2. The van der Waals surface area contributed by atoms with E-state index < -0.39 is 0 Å². The third kappa shape index (κ3) is 4.54. The van der Waals surface area contributed by atoms with Crippen LogP contribution in [0.15, 0.2) is 53.7 Å². The zero-order valence-electron chi connectivity index (χ0n) is 16.3. The number of ether oxygens (including phenoxy) is 2. The Morgan fingerprint density at radius 3 is 2.61 bits per heavy atom. The molecule has 28 heavy (non-hydrogen) atoms. The molecule has 2 amide bonds. The molecule has 2 aromatic rings. The minimum Gasteiger partial charge on any atom is -0.497 e. The Morgan fingerprint density at radius 2 is 1.93 bits per heavy atom. The van der Waals surface area contributed by atoms with Crippen LogP contribution < -0.4 is 14.8 Å². The fourth-order valence-corrected chi connectivity index (χ4v) is 3.02. The van der Waals surface area contributed by atoms with Crippen molar-refractivity contribution >= 4 is 17.4 Å². The molecular weight excluding hydrogens is 358 g/mol. The summed E-state index contributed by atoms with van der Waals surface area (Å²) in [6.45, 7) is 2.93. The van der Waals surface area contributed by atoms with E-state index >= 15 is 0 Å². The Bertz CT molecular complexity index is 836. The summed E-state index contributed by atoms with van der Waals surface area (Å²) in [5.74, 6) is 1.42. The summed E-state index contributed by atoms with van der Waals surface area (Å²) in [5.41, 5.74) is 2.50. The van der Waals surface area contributed by atoms with E-state index in [-0.39, 0.29) is 12.1 Å². The zero-order chi connectivity index (χ0) is 19.9. The number of benzene rings is 2. The van der Waals surface area contributed by atoms with Gasteiger partial charge in [-0.05, 0) is 48.9 Å². The van der Waals surface area contributed by atoms with E-state index in [1.54, 1.807) is 25.2 Å². The van der Waals surface area contributed by atoms with Crippen LogP contribution in [0.2, 0.25) is 0 Å². The van der Waals surface area contributed by atoms with Crippen LogP contribution >= 0.6 is 0 Å². The minimum absolute atomic E-state index is 0.180. The highest BCUT2D eigenvalue weighted by atomic mass is 16.6. The maximum Gasteiger partial charge on any atom is 0.322 e. The van der Waals surface area contributed by atoms with Gasteiger partial charge in [0.15, 0.2) is 6.10 Å². The van der Waals surface area contributed by atoms with Gasteiger partial charge in [0.2, 0.25) is 0 Å². The summed E-state index contributed by atoms with van der Waals surface area (Å²) in [6.07, 6.45) is 0.463. The van der Waals surface area contributed by atoms with Crippen molar-refractivity contribution in [3.8, 4) is 11.5 Å². The predicted octanol–water partition coefficient (Wildman–Crippen LogP) is 3.75. The molecule has 2 aromatic carbocycles. The van der Waals surface area contributed by atoms with Gasteiger partial charge in [-0.15, -0.1) is 0 Å². The van der Waals surface area contributed by atoms with Crippen molar-refractivity contribution in [1.29, 1.82) is 0 Å². The van der Waals surface area contributed by atoms with Gasteiger partial charge in [0.1, 0.15) is 11.5 Å². The predicted molar refractivity (Wildman–Crippen MR) is 108 cm³/mol. The van der Waals surface area contributed by atoms with Gasteiger partial charge < -0.3 is 24.5 Å². The molecule has 0 spiro atoms. The number of carbonyl (C=O) groups is 1. The lowest BCUT2D eigenvalue weighted by Gasteiger charge is -2.24. The van der Waals surface area contributed by atoms with Gasteiger partial charge in [0.05, 0.1) is 32.2 Å². The average Bonchev–Trinajstić information content (AvgIpc) is 3.21. The first kappa shape index (κ1) is 19.5. The summed E-state index contributed by atoms with van der Waals surface area (Å²) < 4.78 is 10.5. The number of nitrogens with one attached hydrogen (secondary N) is 1. The SMILES string of the molecule is CCN(CC1CC(c2ccc(OC)cc2)=NO1)C(=O)Nc1ccccc1OC. The molecule has 0 radical (unpaired) electrons. The number of hydrogen-bond donors (Lipinski definition) is 1. The number of anilines is 1. The van der Waals surface area contributed by atoms with E-state index in [2.05, 4.69) is 10.5 Å². The molecule has 1 atom stereocenters. The van der Waals surface area contributed by atoms with Crippen LogP contribution in [0.3, 0.4) is 0 Å². The van der Waals surface area contributed by atoms with Crippen LogP contribution in [0, 0.1) is 0 Å². The number of urea groups is 1. The number of carbonyl (C=O) groups excluding carboxylic acids is 1. The Hall–Kier alpha value is -3.22. The highest BCUT2D eigenvalue weighted by Crippen LogP contribution is 2.24. The number of hydrogen-bond acceptors (Lipinski definition) is 5. The van der Waals surface area contributed by atoms with Crippen LogP contribution in [0.4, 0.5) is 10.5 Å². The van der Waals surface area contributed by atoms with Gasteiger partial charge in [-0.3, -0.25) is 0 Å². The van der Waals surface area contributed by atoms with E-state index in [1.807, 2.05) is 49.4 Å². The van der Waals surface area contributed by atoms with Crippen LogP contribution in [-0.4, -0.2) is 50.1 Å². The summed E-state index contributed by atoms with van der Waals surface area (Å²) in [6, 6.07) is 14.8. The van der Waals surface area contributed by atoms with Crippen molar-refractivity contribution in [3.63, 3.8) is 0 Å². The lowest BCUT2D eigenvalue weighted by Crippen LogP contribution is -2.40. The molecule has 1 unspecified atom stereocenters. The van der Waals surface area contributed by atoms with Crippen molar-refractivity contribution in [2.24, 2.45) is 5.16 Å². The Kier molecular flexibility index (Phi) is 6.37. The van der Waals surface area contributed by atoms with Gasteiger partial charge in [-0.25, -0.2) is 4.79 Å². The number of nitrogens with zero attached hydrogens (tertiary/aromatic N) is 2. The van der Waals surface area contributed by atoms with Crippen molar-refractivity contribution in [2.45, 2.75) is 19.4 Å². The monoisotopic (exact) mass is 383 g/mol. The zero-order valence-corrected chi connectivity index (χ0v) is 16.3. The maximum absolute atomic E-state index is 12.7. The second-order valence-electron chi connectivity index (χ2n) is 6.37. The first-order valence-electron chi connectivity index (χ1n) is 9.20. The summed E-state index contributed by atoms with van der Waals surface area (Å²) in [4.78, 5) is 19.9. The highest BCUT2D eigenvalue weighted by Gasteiger charge is 2.26. The Morgan fingerprint density at radius 1 is 1.18 bits per heavy atom. The molecule has 3 rings (SSSR count). The van der Waals surface area contributed by atoms with Crippen LogP contribution in [-0.2, 0) is 4.84 Å². The molecule has 148 valence electrons. The molecule has 0 saturated carbocycles. The fraction of sp³-hybridized carbons (Fsp3) is 0.333. The second kappa shape index (κ2) is 9.12. The van der Waals surface area contributed by atoms with E-state index in [4.69, 9.17) is 14.3 Å². The Balaban J connectivity index is 1.58. The van der Waals surface area contributed by atoms with Gasteiger partial charge in [-0.2, -0.15) is 0 Å². The van der Waals surface area contributed by atoms with Gasteiger partial charge in [0, 0.05) is 13.0 Å². The molecule has 0 aromatic heterocycles. The van der Waals surface area contributed by atoms with E-state index in [1.165, 1.54) is 0 Å². The lowest BCUT2D eigenvalue weighted by atomic mass is 10.0. The lowest BCUT2D eigenvalue weighted by molar-refractivity contribution is 0.0633. The summed E-state index contributed by atoms with van der Waals surface area (Å²) in [7, 11) is 3.21. The van der Waals surface area contributed by atoms with E-state index in [0.29, 0.717) is 30.9 Å². The molecule has 1 aliphatic rings. The van der Waals surface area contributed by atoms with Crippen molar-refractivity contribution < 1.29 is 19.1 Å². The average molecular weight is 383 g/mol. The topological polar surface area (TPSA) is 72.4 Å². The van der Waals surface area contributed by atoms with Crippen molar-refractivity contribution in [3.05, 3.63) is 54.1 Å². The molecule has 0 saturated heterocycles. The fourth-order valence-electron chi connectivity index (χ4n) is 3.02. The normalized spacial score (nSPS) is 15.4. The van der Waals surface area contributed by atoms with Crippen molar-refractivity contribution in [2.75, 3.05) is 32.6 Å². The standard InChI is InChI=1S/C21H25N3O4/c1-4-24(21(25)22-18-7-5-6-8-20(18)27-3)14-17-13-19(23-28-17)15-9-11-16(26-2)12-10-15/h5-12,17H,4,13-14H2,1-3H3,(H,22,25). The summed E-state index contributed by atoms with van der Waals surface area (Å²) >= 11 is 0. The van der Waals surface area contributed by atoms with Gasteiger partial charge >= 0.3 is 6.03 Å². The first-order chi connectivity index (χ1) is 13.6. The Labute approximate surface area is 164 Å². The van der Waals surface area contributed by atoms with Crippen LogP contribution in [0.25, 0.3) is 0 Å². The molecular formula is C21H25N3O4. The second-order valence-corrected chi connectivity index (χ2v) is 6.37. The highest BCUT2D eigenvalue weighted by molar-refractivity contribution is 6.01. The third-order valence-corrected chi connectivity index (χ3v) is 4.60. The molecule has 1 N–H and O–H groups in total. The number of oxime groups is 1. The summed E-state index contributed by atoms with van der Waals surface area (Å²) in [5, 5.41) is 7.10. The van der Waals surface area contributed by atoms with E-state index in [9.17, 15) is 4.79 Å². The van der Waals surface area contributed by atoms with E-state index in [0.717, 1.165) is 17.0 Å². The third-order valence-electron chi connectivity index (χ3n) is 4.60. The molecule has 0 fully saturated rings. The number of methoxy groups -OCH3 is 2. The minimum atomic E-state index is -0.200. The number of rotatable bonds is 7. The van der Waals surface area contributed by atoms with Gasteiger partial charge in [0.25, 0.3) is 0 Å². The van der Waals surface area contributed by atoms with Gasteiger partial charge in [-0.1, -0.05) is 17.3 Å². The van der Waals surface area contributed by atoms with Crippen LogP contribution in [0.5, 0.6) is 11.5 Å². The maximum atomic E-state index is 12.7. The first-order valence-corrected chi connectivity index (χ1v) is 9.20. The molecule has 7 nitrogen and oxygen atoms in total. The largest absolute Gasteiger partial charge is 0.497 e. The van der Waals surface area contributed by atoms with Crippen molar-refractivity contribution in [1.82, 2.24) is 4.90 Å². The molecule has 0 aliphatic carbocycles. The molecule has 7 heteroatoms. The molecule has 1 aliphatic heterocycles. The smallest absolute Gasteiger partial charge is 0.322 e. The van der Waals surface area contributed by atoms with Crippen LogP contribution in [0.1, 0.15) is 18.9 Å². The quantitative estimate of drug-likeness (QED) is 0.790. The molecule has 1 heterocycles. The number of likely N-dealkylation sites (N-methyl/N-ethyl adjacent to an activating group) is 1. The molecule has 0 bridgehead atoms.